The predicted octanol–water partition coefficient (Wildman–Crippen LogP) is 3.12. The number of benzene rings is 1. The fourth-order valence-corrected chi connectivity index (χ4v) is 3.00. The van der Waals surface area contributed by atoms with Gasteiger partial charge in [-0.15, -0.1) is 34.2 Å². The van der Waals surface area contributed by atoms with Gasteiger partial charge in [-0.05, 0) is 31.2 Å². The van der Waals surface area contributed by atoms with Crippen LogP contribution in [-0.2, 0) is 20.1 Å². The van der Waals surface area contributed by atoms with Crippen molar-refractivity contribution in [3.63, 3.8) is 0 Å². The molecule has 3 rings (SSSR count). The molecule has 2 aromatic rings. The third-order valence-electron chi connectivity index (χ3n) is 4.92. The molecule has 0 bridgehead atoms. The van der Waals surface area contributed by atoms with E-state index >= 15 is 0 Å². The van der Waals surface area contributed by atoms with E-state index in [-0.39, 0.29) is 24.0 Å². The molecule has 7 heteroatoms. The number of hydrogen-bond donors (Lipinski definition) is 1. The predicted molar refractivity (Wildman–Crippen MR) is 116 cm³/mol. The molecular formula is C19H29IN6. The van der Waals surface area contributed by atoms with Gasteiger partial charge in [0, 0.05) is 20.1 Å². The van der Waals surface area contributed by atoms with Crippen LogP contribution in [-0.4, -0.2) is 38.7 Å². The number of guanidine groups is 1. The Kier molecular flexibility index (Phi) is 7.86. The van der Waals surface area contributed by atoms with Crippen molar-refractivity contribution in [2.75, 3.05) is 13.1 Å². The number of likely N-dealkylation sites (tertiary alicyclic amines) is 1. The molecule has 0 aliphatic carbocycles. The van der Waals surface area contributed by atoms with E-state index in [1.807, 2.05) is 24.6 Å². The Morgan fingerprint density at radius 3 is 2.50 bits per heavy atom. The highest BCUT2D eigenvalue weighted by Crippen LogP contribution is 2.16. The van der Waals surface area contributed by atoms with Gasteiger partial charge in [0.05, 0.1) is 13.1 Å². The number of nitrogens with zero attached hydrogens (tertiary/aromatic N) is 5. The lowest BCUT2D eigenvalue weighted by atomic mass is 10.00. The van der Waals surface area contributed by atoms with E-state index in [0.29, 0.717) is 13.1 Å². The molecule has 1 saturated heterocycles. The number of aliphatic imine (C=N–C) groups is 1. The van der Waals surface area contributed by atoms with Crippen molar-refractivity contribution in [1.82, 2.24) is 25.0 Å². The maximum Gasteiger partial charge on any atom is 0.194 e. The lowest BCUT2D eigenvalue weighted by Crippen LogP contribution is -2.45. The molecule has 142 valence electrons. The van der Waals surface area contributed by atoms with Crippen LogP contribution in [0, 0.1) is 12.8 Å². The molecule has 1 aromatic carbocycles. The number of piperidine rings is 1. The molecule has 2 heterocycles. The van der Waals surface area contributed by atoms with E-state index in [9.17, 15) is 0 Å². The number of halogens is 1. The fourth-order valence-electron chi connectivity index (χ4n) is 3.00. The first-order chi connectivity index (χ1) is 12.1. The zero-order valence-electron chi connectivity index (χ0n) is 15.9. The van der Waals surface area contributed by atoms with Crippen molar-refractivity contribution < 1.29 is 0 Å². The van der Waals surface area contributed by atoms with Crippen molar-refractivity contribution in [2.24, 2.45) is 18.0 Å². The molecule has 1 N–H and O–H groups in total. The van der Waals surface area contributed by atoms with Crippen molar-refractivity contribution in [3.8, 4) is 0 Å². The first kappa shape index (κ1) is 20.7. The second kappa shape index (κ2) is 9.89. The molecule has 6 nitrogen and oxygen atoms in total. The summed E-state index contributed by atoms with van der Waals surface area (Å²) in [5, 5.41) is 11.9. The lowest BCUT2D eigenvalue weighted by Gasteiger charge is -2.33. The third kappa shape index (κ3) is 5.43. The van der Waals surface area contributed by atoms with Crippen molar-refractivity contribution in [2.45, 2.75) is 39.8 Å². The molecule has 0 unspecified atom stereocenters. The van der Waals surface area contributed by atoms with E-state index in [4.69, 9.17) is 4.99 Å². The smallest absolute Gasteiger partial charge is 0.194 e. The van der Waals surface area contributed by atoms with E-state index in [1.165, 1.54) is 18.4 Å². The van der Waals surface area contributed by atoms with Crippen LogP contribution in [0.25, 0.3) is 0 Å². The summed E-state index contributed by atoms with van der Waals surface area (Å²) in [5.41, 5.74) is 1.22. The largest absolute Gasteiger partial charge is 0.349 e. The first-order valence-electron chi connectivity index (χ1n) is 9.05. The third-order valence-corrected chi connectivity index (χ3v) is 4.92. The monoisotopic (exact) mass is 468 g/mol. The van der Waals surface area contributed by atoms with Gasteiger partial charge in [-0.1, -0.05) is 37.3 Å². The Bertz CT molecular complexity index is 704. The fraction of sp³-hybridized carbons (Fsp3) is 0.526. The van der Waals surface area contributed by atoms with Gasteiger partial charge in [-0.25, -0.2) is 4.99 Å². The Morgan fingerprint density at radius 2 is 1.88 bits per heavy atom. The molecule has 0 radical (unpaired) electrons. The minimum absolute atomic E-state index is 0. The number of hydrogen-bond acceptors (Lipinski definition) is 3. The summed E-state index contributed by atoms with van der Waals surface area (Å²) >= 11 is 0. The van der Waals surface area contributed by atoms with Crippen LogP contribution in [0.5, 0.6) is 0 Å². The Balaban J connectivity index is 0.00000243. The average molecular weight is 468 g/mol. The molecular weight excluding hydrogens is 439 g/mol. The molecule has 1 aliphatic heterocycles. The van der Waals surface area contributed by atoms with Crippen molar-refractivity contribution in [1.29, 1.82) is 0 Å². The average Bonchev–Trinajstić information content (AvgIpc) is 2.96. The van der Waals surface area contributed by atoms with Crippen LogP contribution in [0.4, 0.5) is 0 Å². The Morgan fingerprint density at radius 1 is 1.19 bits per heavy atom. The number of nitrogens with one attached hydrogen (secondary N) is 1. The van der Waals surface area contributed by atoms with Gasteiger partial charge in [0.2, 0.25) is 0 Å². The summed E-state index contributed by atoms with van der Waals surface area (Å²) in [4.78, 5) is 7.24. The van der Waals surface area contributed by atoms with E-state index in [1.54, 1.807) is 0 Å². The van der Waals surface area contributed by atoms with Crippen LogP contribution in [0.2, 0.25) is 0 Å². The second-order valence-corrected chi connectivity index (χ2v) is 6.87. The summed E-state index contributed by atoms with van der Waals surface area (Å²) in [6.45, 7) is 7.73. The molecule has 1 aliphatic rings. The molecule has 0 spiro atoms. The van der Waals surface area contributed by atoms with Gasteiger partial charge in [-0.3, -0.25) is 0 Å². The minimum Gasteiger partial charge on any atom is -0.349 e. The highest BCUT2D eigenvalue weighted by atomic mass is 127. The van der Waals surface area contributed by atoms with E-state index in [0.717, 1.165) is 36.6 Å². The van der Waals surface area contributed by atoms with Gasteiger partial charge in [0.1, 0.15) is 5.82 Å². The molecule has 0 saturated carbocycles. The molecule has 1 aromatic heterocycles. The highest BCUT2D eigenvalue weighted by Gasteiger charge is 2.19. The topological polar surface area (TPSA) is 58.3 Å². The van der Waals surface area contributed by atoms with Gasteiger partial charge in [0.15, 0.2) is 11.8 Å². The summed E-state index contributed by atoms with van der Waals surface area (Å²) in [7, 11) is 2.00. The van der Waals surface area contributed by atoms with Crippen LogP contribution < -0.4 is 5.32 Å². The maximum atomic E-state index is 4.87. The minimum atomic E-state index is 0. The SMILES string of the molecule is Cc1nnc(CNC(=NCc2ccccc2)N2CCC(C)CC2)n1C.I. The normalized spacial score (nSPS) is 15.7. The zero-order chi connectivity index (χ0) is 17.6. The lowest BCUT2D eigenvalue weighted by molar-refractivity contribution is 0.272. The van der Waals surface area contributed by atoms with Crippen LogP contribution in [0.1, 0.15) is 37.0 Å². The summed E-state index contributed by atoms with van der Waals surface area (Å²) in [6.07, 6.45) is 2.43. The molecule has 0 atom stereocenters. The van der Waals surface area contributed by atoms with Gasteiger partial charge in [-0.2, -0.15) is 0 Å². The number of rotatable bonds is 4. The van der Waals surface area contributed by atoms with Crippen molar-refractivity contribution in [3.05, 3.63) is 47.5 Å². The quantitative estimate of drug-likeness (QED) is 0.426. The maximum absolute atomic E-state index is 4.87. The Labute approximate surface area is 173 Å². The van der Waals surface area contributed by atoms with Gasteiger partial charge < -0.3 is 14.8 Å². The van der Waals surface area contributed by atoms with Crippen LogP contribution >= 0.6 is 24.0 Å². The van der Waals surface area contributed by atoms with E-state index < -0.39 is 0 Å². The number of aryl methyl sites for hydroxylation is 1. The highest BCUT2D eigenvalue weighted by molar-refractivity contribution is 14.0. The van der Waals surface area contributed by atoms with Crippen LogP contribution in [0.15, 0.2) is 35.3 Å². The van der Waals surface area contributed by atoms with Crippen molar-refractivity contribution >= 4 is 29.9 Å². The molecule has 1 fully saturated rings. The van der Waals surface area contributed by atoms with Gasteiger partial charge in [0.25, 0.3) is 0 Å². The van der Waals surface area contributed by atoms with E-state index in [2.05, 4.69) is 51.6 Å². The zero-order valence-corrected chi connectivity index (χ0v) is 18.2. The second-order valence-electron chi connectivity index (χ2n) is 6.87. The summed E-state index contributed by atoms with van der Waals surface area (Å²) in [5.74, 6) is 3.62. The Hall–Kier alpha value is -1.64. The first-order valence-corrected chi connectivity index (χ1v) is 9.05. The summed E-state index contributed by atoms with van der Waals surface area (Å²) < 4.78 is 2.01. The molecule has 26 heavy (non-hydrogen) atoms. The molecule has 0 amide bonds. The summed E-state index contributed by atoms with van der Waals surface area (Å²) in [6, 6.07) is 10.4. The van der Waals surface area contributed by atoms with Crippen LogP contribution in [0.3, 0.4) is 0 Å². The number of aromatic nitrogens is 3. The standard InChI is InChI=1S/C19H28N6.HI/c1-15-9-11-25(12-10-15)19(20-13-17-7-5-4-6-8-17)21-14-18-23-22-16(2)24(18)3;/h4-8,15H,9-14H2,1-3H3,(H,20,21);1H. The van der Waals surface area contributed by atoms with Gasteiger partial charge >= 0.3 is 0 Å².